The maximum Gasteiger partial charge on any atom is -0.00178 e. The highest BCUT2D eigenvalue weighted by Crippen LogP contribution is 2.17. The number of rotatable bonds is 0. The summed E-state index contributed by atoms with van der Waals surface area (Å²) in [6, 6.07) is 0. The fraction of sp³-hybridized carbons (Fsp3) is 0.600. The summed E-state index contributed by atoms with van der Waals surface area (Å²) in [7, 11) is 0. The summed E-state index contributed by atoms with van der Waals surface area (Å²) in [5.74, 6) is 5.02. The van der Waals surface area contributed by atoms with Crippen molar-refractivity contribution in [2.45, 2.75) is 12.8 Å². The third kappa shape index (κ3) is 8.21. The monoisotopic (exact) mass is 264 g/mol. The predicted molar refractivity (Wildman–Crippen MR) is 77.3 cm³/mol. The Labute approximate surface area is 104 Å². The largest absolute Gasteiger partial charge is 0.134 e. The lowest BCUT2D eigenvalue weighted by atomic mass is 10.6. The molecule has 0 spiro atoms. The Morgan fingerprint density at radius 1 is 0.500 bits per heavy atom. The molecular weight excluding hydrogens is 248 g/mol. The standard InChI is InChI=1S/C10H16S4/c1-3-11-7-9-13-5-2-6-14-10-8-12-4-1/h7-10H,1-6H2/b9-7+,10-8+. The zero-order chi connectivity index (χ0) is 9.90. The van der Waals surface area contributed by atoms with Crippen molar-refractivity contribution in [2.75, 3.05) is 23.0 Å². The molecule has 0 radical (unpaired) electrons. The maximum absolute atomic E-state index is 2.24. The van der Waals surface area contributed by atoms with Crippen LogP contribution in [-0.2, 0) is 0 Å². The third-order valence-electron chi connectivity index (χ3n) is 1.54. The molecule has 0 unspecified atom stereocenters. The van der Waals surface area contributed by atoms with E-state index < -0.39 is 0 Å². The molecule has 0 amide bonds. The highest BCUT2D eigenvalue weighted by atomic mass is 32.2. The van der Waals surface area contributed by atoms with Gasteiger partial charge >= 0.3 is 0 Å². The van der Waals surface area contributed by atoms with Crippen LogP contribution in [0, 0.1) is 0 Å². The third-order valence-corrected chi connectivity index (χ3v) is 5.30. The second-order valence-electron chi connectivity index (χ2n) is 2.73. The minimum absolute atomic E-state index is 1.26. The molecule has 80 valence electrons. The molecule has 4 heteroatoms. The molecule has 0 bridgehead atoms. The molecule has 14 heavy (non-hydrogen) atoms. The Kier molecular flexibility index (Phi) is 9.62. The van der Waals surface area contributed by atoms with Gasteiger partial charge in [0, 0.05) is 0 Å². The second kappa shape index (κ2) is 10.4. The van der Waals surface area contributed by atoms with Gasteiger partial charge in [0.2, 0.25) is 0 Å². The molecule has 0 aromatic heterocycles. The normalized spacial score (nSPS) is 26.3. The van der Waals surface area contributed by atoms with Crippen molar-refractivity contribution in [3.8, 4) is 0 Å². The molecule has 0 saturated carbocycles. The van der Waals surface area contributed by atoms with Crippen LogP contribution in [-0.4, -0.2) is 23.0 Å². The van der Waals surface area contributed by atoms with Crippen LogP contribution in [0.1, 0.15) is 12.8 Å². The SMILES string of the molecule is C1=C/SCCCS/C=C/SCCCS/1. The zero-order valence-electron chi connectivity index (χ0n) is 8.19. The summed E-state index contributed by atoms with van der Waals surface area (Å²) >= 11 is 7.74. The average molecular weight is 265 g/mol. The first kappa shape index (κ1) is 12.9. The van der Waals surface area contributed by atoms with Crippen molar-refractivity contribution in [1.82, 2.24) is 0 Å². The molecule has 1 aliphatic heterocycles. The Hall–Kier alpha value is 0.880. The highest BCUT2D eigenvalue weighted by Gasteiger charge is 1.90. The molecule has 0 saturated heterocycles. The van der Waals surface area contributed by atoms with Gasteiger partial charge in [-0.3, -0.25) is 0 Å². The fourth-order valence-electron chi connectivity index (χ4n) is 0.880. The van der Waals surface area contributed by atoms with E-state index in [0.29, 0.717) is 0 Å². The Balaban J connectivity index is 2.15. The van der Waals surface area contributed by atoms with Gasteiger partial charge < -0.3 is 0 Å². The summed E-state index contributed by atoms with van der Waals surface area (Å²) in [4.78, 5) is 0. The molecule has 0 atom stereocenters. The summed E-state index contributed by atoms with van der Waals surface area (Å²) in [5.41, 5.74) is 0. The first-order chi connectivity index (χ1) is 7.00. The molecule has 0 nitrogen and oxygen atoms in total. The van der Waals surface area contributed by atoms with Crippen LogP contribution in [0.5, 0.6) is 0 Å². The average Bonchev–Trinajstić information content (AvgIpc) is 2.22. The van der Waals surface area contributed by atoms with E-state index >= 15 is 0 Å². The van der Waals surface area contributed by atoms with Crippen molar-refractivity contribution in [1.29, 1.82) is 0 Å². The minimum atomic E-state index is 1.26. The molecule has 0 fully saturated rings. The topological polar surface area (TPSA) is 0 Å². The van der Waals surface area contributed by atoms with Gasteiger partial charge in [0.15, 0.2) is 0 Å². The van der Waals surface area contributed by atoms with Crippen LogP contribution < -0.4 is 0 Å². The summed E-state index contributed by atoms with van der Waals surface area (Å²) in [5, 5.41) is 8.96. The van der Waals surface area contributed by atoms with E-state index in [2.05, 4.69) is 21.6 Å². The van der Waals surface area contributed by atoms with E-state index in [9.17, 15) is 0 Å². The van der Waals surface area contributed by atoms with Crippen LogP contribution in [0.15, 0.2) is 21.6 Å². The molecule has 0 aliphatic carbocycles. The van der Waals surface area contributed by atoms with Crippen LogP contribution in [0.25, 0.3) is 0 Å². The quantitative estimate of drug-likeness (QED) is 0.624. The van der Waals surface area contributed by atoms with Crippen LogP contribution in [0.2, 0.25) is 0 Å². The molecular formula is C10H16S4. The van der Waals surface area contributed by atoms with Gasteiger partial charge in [-0.1, -0.05) is 0 Å². The predicted octanol–water partition coefficient (Wildman–Crippen LogP) is 4.66. The van der Waals surface area contributed by atoms with Crippen molar-refractivity contribution < 1.29 is 0 Å². The van der Waals surface area contributed by atoms with Gasteiger partial charge in [-0.2, -0.15) is 0 Å². The van der Waals surface area contributed by atoms with Gasteiger partial charge in [-0.05, 0) is 57.5 Å². The molecule has 1 aliphatic rings. The smallest absolute Gasteiger partial charge is 0.00178 e. The van der Waals surface area contributed by atoms with Crippen LogP contribution >= 0.6 is 47.0 Å². The summed E-state index contributed by atoms with van der Waals surface area (Å²) in [6.07, 6.45) is 2.61. The fourth-order valence-corrected chi connectivity index (χ4v) is 4.29. The summed E-state index contributed by atoms with van der Waals surface area (Å²) < 4.78 is 0. The van der Waals surface area contributed by atoms with Crippen molar-refractivity contribution >= 4 is 47.0 Å². The lowest BCUT2D eigenvalue weighted by Crippen LogP contribution is -1.82. The van der Waals surface area contributed by atoms with E-state index in [1.165, 1.54) is 35.9 Å². The first-order valence-corrected chi connectivity index (χ1v) is 8.96. The van der Waals surface area contributed by atoms with E-state index in [1.807, 2.05) is 47.0 Å². The van der Waals surface area contributed by atoms with E-state index in [4.69, 9.17) is 0 Å². The van der Waals surface area contributed by atoms with Gasteiger partial charge in [-0.25, -0.2) is 0 Å². The molecule has 1 rings (SSSR count). The van der Waals surface area contributed by atoms with Gasteiger partial charge in [0.1, 0.15) is 0 Å². The van der Waals surface area contributed by atoms with Crippen molar-refractivity contribution in [3.05, 3.63) is 21.6 Å². The minimum Gasteiger partial charge on any atom is -0.134 e. The van der Waals surface area contributed by atoms with Gasteiger partial charge in [0.05, 0.1) is 0 Å². The van der Waals surface area contributed by atoms with Crippen molar-refractivity contribution in [2.24, 2.45) is 0 Å². The lowest BCUT2D eigenvalue weighted by Gasteiger charge is -1.98. The van der Waals surface area contributed by atoms with Crippen molar-refractivity contribution in [3.63, 3.8) is 0 Å². The van der Waals surface area contributed by atoms with Gasteiger partial charge in [-0.15, -0.1) is 47.0 Å². The van der Waals surface area contributed by atoms with Crippen LogP contribution in [0.3, 0.4) is 0 Å². The highest BCUT2D eigenvalue weighted by molar-refractivity contribution is 8.06. The van der Waals surface area contributed by atoms with E-state index in [-0.39, 0.29) is 0 Å². The first-order valence-electron chi connectivity index (χ1n) is 4.76. The molecule has 1 heterocycles. The van der Waals surface area contributed by atoms with E-state index in [0.717, 1.165) is 0 Å². The number of hydrogen-bond donors (Lipinski definition) is 0. The Morgan fingerprint density at radius 2 is 0.786 bits per heavy atom. The lowest BCUT2D eigenvalue weighted by molar-refractivity contribution is 1.13. The van der Waals surface area contributed by atoms with Gasteiger partial charge in [0.25, 0.3) is 0 Å². The maximum atomic E-state index is 2.24. The molecule has 0 N–H and O–H groups in total. The van der Waals surface area contributed by atoms with Crippen LogP contribution in [0.4, 0.5) is 0 Å². The molecule has 0 aromatic carbocycles. The van der Waals surface area contributed by atoms with E-state index in [1.54, 1.807) is 0 Å². The molecule has 0 aromatic rings. The number of hydrogen-bond acceptors (Lipinski definition) is 4. The Morgan fingerprint density at radius 3 is 1.07 bits per heavy atom. The summed E-state index contributed by atoms with van der Waals surface area (Å²) in [6.45, 7) is 0. The second-order valence-corrected chi connectivity index (χ2v) is 6.79. The number of thioether (sulfide) groups is 4. The zero-order valence-corrected chi connectivity index (χ0v) is 11.5. The Bertz CT molecular complexity index is 141.